The van der Waals surface area contributed by atoms with Gasteiger partial charge in [-0.25, -0.2) is 0 Å². The molecule has 25 heavy (non-hydrogen) atoms. The van der Waals surface area contributed by atoms with Gasteiger partial charge in [0.05, 0.1) is 0 Å². The van der Waals surface area contributed by atoms with E-state index in [1.807, 2.05) is 0 Å². The van der Waals surface area contributed by atoms with Crippen LogP contribution in [0.1, 0.15) is 0 Å². The summed E-state index contributed by atoms with van der Waals surface area (Å²) in [4.78, 5) is 0. The van der Waals surface area contributed by atoms with Crippen molar-refractivity contribution in [2.24, 2.45) is 0 Å². The molecule has 0 atom stereocenters. The lowest BCUT2D eigenvalue weighted by molar-refractivity contribution is 0.823. The first-order valence-electron chi connectivity index (χ1n) is 0. The maximum absolute atomic E-state index is 0. The fraction of sp³-hybridized carbons (Fsp3) is 0. The molecule has 0 saturated heterocycles. The van der Waals surface area contributed by atoms with Crippen molar-refractivity contribution < 1.29 is 110 Å². The summed E-state index contributed by atoms with van der Waals surface area (Å²) in [5.41, 5.74) is 0. The van der Waals surface area contributed by atoms with Crippen LogP contribution in [0, 0.1) is 0 Å². The molecular weight excluding hydrogens is 442 g/mol. The van der Waals surface area contributed by atoms with Gasteiger partial charge < -0.3 is 110 Å². The zero-order valence-corrected chi connectivity index (χ0v) is 10.0. The van der Waals surface area contributed by atoms with Gasteiger partial charge in [-0.15, -0.1) is 0 Å². The van der Waals surface area contributed by atoms with Gasteiger partial charge in [0, 0.05) is 0 Å². The molecular formula is H50Mg5O20. The molecule has 0 saturated carbocycles. The maximum Gasteiger partial charge on any atom is 0.316 e. The van der Waals surface area contributed by atoms with Gasteiger partial charge in [0.2, 0.25) is 0 Å². The second-order valence-electron chi connectivity index (χ2n) is 0. The first-order valence-corrected chi connectivity index (χ1v) is 0. The molecule has 0 aliphatic carbocycles. The summed E-state index contributed by atoms with van der Waals surface area (Å²) in [5.74, 6) is 0. The van der Waals surface area contributed by atoms with E-state index in [4.69, 9.17) is 0 Å². The van der Waals surface area contributed by atoms with Crippen molar-refractivity contribution in [1.29, 1.82) is 0 Å². The normalized spacial score (nSPS) is 0. The summed E-state index contributed by atoms with van der Waals surface area (Å²) < 4.78 is 0. The molecule has 0 aromatic heterocycles. The standard InChI is InChI=1S/5Mg.20H2O.10H/h;;;;;20*1H2;;;;;;;;;;. The molecule has 0 spiro atoms. The first kappa shape index (κ1) is 2230. The zero-order valence-electron chi connectivity index (χ0n) is 10.0. The quantitative estimate of drug-likeness (QED) is 0.284. The van der Waals surface area contributed by atoms with Crippen LogP contribution >= 0.6 is 0 Å². The fourth-order valence-electron chi connectivity index (χ4n) is 0. The minimum atomic E-state index is 0. The average Bonchev–Trinajstić information content (AvgIpc) is 0. The highest BCUT2D eigenvalue weighted by molar-refractivity contribution is 5.76. The highest BCUT2D eigenvalue weighted by Gasteiger charge is 0.320. The Bertz CT molecular complexity index is 18.0. The Balaban J connectivity index is 0. The summed E-state index contributed by atoms with van der Waals surface area (Å²) in [7, 11) is 0. The van der Waals surface area contributed by atoms with Crippen molar-refractivity contribution in [2.45, 2.75) is 0 Å². The van der Waals surface area contributed by atoms with Crippen molar-refractivity contribution in [2.75, 3.05) is 0 Å². The molecule has 0 aromatic rings. The van der Waals surface area contributed by atoms with Crippen LogP contribution in [0.5, 0.6) is 0 Å². The van der Waals surface area contributed by atoms with E-state index in [2.05, 4.69) is 0 Å². The Morgan fingerprint density at radius 1 is 0.0800 bits per heavy atom. The lowest BCUT2D eigenvalue weighted by Gasteiger charge is -0.413. The number of hydrogen-bond donors (Lipinski definition) is 0. The van der Waals surface area contributed by atoms with Crippen LogP contribution in [0.2, 0.25) is 0 Å². The molecule has 0 radical (unpaired) electrons. The number of hydrogen-bond acceptors (Lipinski definition) is 0. The highest BCUT2D eigenvalue weighted by atomic mass is 24.3. The molecule has 180 valence electrons. The Kier molecular flexibility index (Phi) is 178000. The molecule has 40 N–H and O–H groups in total. The highest BCUT2D eigenvalue weighted by Crippen LogP contribution is -0.269. The van der Waals surface area contributed by atoms with Gasteiger partial charge in [-0.1, -0.05) is 0 Å². The largest absolute Gasteiger partial charge is 0.412 e. The molecule has 0 aliphatic heterocycles. The average molecular weight is 492 g/mol. The summed E-state index contributed by atoms with van der Waals surface area (Å²) in [6.45, 7) is 0. The minimum Gasteiger partial charge on any atom is -0.412 e. The minimum absolute atomic E-state index is 0. The van der Waals surface area contributed by atoms with Crippen LogP contribution in [0.25, 0.3) is 0 Å². The number of rotatable bonds is 0. The summed E-state index contributed by atoms with van der Waals surface area (Å²) in [6, 6.07) is 0. The molecule has 0 rings (SSSR count). The van der Waals surface area contributed by atoms with Gasteiger partial charge in [0.25, 0.3) is 0 Å². The van der Waals surface area contributed by atoms with Crippen molar-refractivity contribution in [3.05, 3.63) is 0 Å². The van der Waals surface area contributed by atoms with Gasteiger partial charge in [0.1, 0.15) is 0 Å². The second kappa shape index (κ2) is 1990. The van der Waals surface area contributed by atoms with E-state index < -0.39 is 0 Å². The van der Waals surface area contributed by atoms with Crippen molar-refractivity contribution >= 4 is 115 Å². The Morgan fingerprint density at radius 2 is 0.0800 bits per heavy atom. The van der Waals surface area contributed by atoms with Gasteiger partial charge in [-0.3, -0.25) is 0 Å². The van der Waals surface area contributed by atoms with Gasteiger partial charge >= 0.3 is 115 Å². The third kappa shape index (κ3) is 1840. The molecule has 0 aliphatic rings. The topological polar surface area (TPSA) is 630 Å². The van der Waals surface area contributed by atoms with E-state index in [9.17, 15) is 0 Å². The van der Waals surface area contributed by atoms with Crippen LogP contribution < -0.4 is 0 Å². The molecule has 0 aromatic carbocycles. The molecule has 25 heteroatoms. The fourth-order valence-corrected chi connectivity index (χ4v) is 0. The van der Waals surface area contributed by atoms with Crippen molar-refractivity contribution in [1.82, 2.24) is 0 Å². The van der Waals surface area contributed by atoms with E-state index in [0.29, 0.717) is 0 Å². The third-order valence-corrected chi connectivity index (χ3v) is 0. The van der Waals surface area contributed by atoms with Gasteiger partial charge in [0.15, 0.2) is 0 Å². The van der Waals surface area contributed by atoms with Crippen molar-refractivity contribution in [3.63, 3.8) is 0 Å². The van der Waals surface area contributed by atoms with E-state index in [-0.39, 0.29) is 225 Å². The second-order valence-corrected chi connectivity index (χ2v) is 0. The smallest absolute Gasteiger partial charge is 0.316 e. The van der Waals surface area contributed by atoms with E-state index in [1.54, 1.807) is 0 Å². The molecule has 20 nitrogen and oxygen atoms in total. The van der Waals surface area contributed by atoms with Crippen LogP contribution in [-0.2, 0) is 0 Å². The van der Waals surface area contributed by atoms with E-state index in [0.717, 1.165) is 0 Å². The molecule has 0 heterocycles. The molecule has 0 bridgehead atoms. The van der Waals surface area contributed by atoms with E-state index >= 15 is 0 Å². The first-order chi connectivity index (χ1) is 0. The zero-order chi connectivity index (χ0) is 0. The van der Waals surface area contributed by atoms with Crippen LogP contribution in [0.4, 0.5) is 0 Å². The van der Waals surface area contributed by atoms with Crippen LogP contribution in [0.15, 0.2) is 0 Å². The molecule has 0 fully saturated rings. The lowest BCUT2D eigenvalue weighted by Crippen LogP contribution is -0.382. The van der Waals surface area contributed by atoms with Gasteiger partial charge in [-0.2, -0.15) is 0 Å². The maximum atomic E-state index is 0. The van der Waals surface area contributed by atoms with Crippen LogP contribution in [-0.4, -0.2) is 225 Å². The van der Waals surface area contributed by atoms with Gasteiger partial charge in [-0.05, 0) is 0 Å². The van der Waals surface area contributed by atoms with Crippen molar-refractivity contribution in [3.8, 4) is 0 Å². The predicted octanol–water partition coefficient (Wildman–Crippen LogP) is -21.1. The van der Waals surface area contributed by atoms with E-state index in [1.165, 1.54) is 0 Å². The molecule has 0 amide bonds. The monoisotopic (exact) mass is 490 g/mol. The predicted molar refractivity (Wildman–Crippen MR) is 115 cm³/mol. The summed E-state index contributed by atoms with van der Waals surface area (Å²) in [5, 5.41) is 0. The summed E-state index contributed by atoms with van der Waals surface area (Å²) in [6.07, 6.45) is 0. The molecule has 0 unspecified atom stereocenters. The summed E-state index contributed by atoms with van der Waals surface area (Å²) >= 11 is 0. The Morgan fingerprint density at radius 3 is 0.0800 bits per heavy atom. The SMILES string of the molecule is O.O.O.O.O.O.O.O.O.O.O.O.O.O.O.O.O.O.O.O.[MgH2].[MgH2].[MgH2].[MgH2].[MgH2]. The Hall–Kier alpha value is 3.03. The Labute approximate surface area is 222 Å². The third-order valence-electron chi connectivity index (χ3n) is 0. The van der Waals surface area contributed by atoms with Crippen LogP contribution in [0.3, 0.4) is 0 Å². The lowest BCUT2D eigenvalue weighted by atomic mass is 16.0.